The van der Waals surface area contributed by atoms with E-state index in [0.29, 0.717) is 126 Å². The van der Waals surface area contributed by atoms with E-state index in [9.17, 15) is 9.46 Å². The molecule has 0 amide bonds. The Morgan fingerprint density at radius 3 is 0.868 bits per heavy atom. The molecular formula is C24H51O13P. The maximum Gasteiger partial charge on any atom is 0.330 e. The molecule has 0 saturated heterocycles. The van der Waals surface area contributed by atoms with Gasteiger partial charge in [0.25, 0.3) is 0 Å². The van der Waals surface area contributed by atoms with Crippen molar-refractivity contribution in [2.24, 2.45) is 0 Å². The molecule has 0 rings (SSSR count). The molecule has 38 heavy (non-hydrogen) atoms. The van der Waals surface area contributed by atoms with Crippen LogP contribution in [0.1, 0.15) is 13.8 Å². The van der Waals surface area contributed by atoms with Gasteiger partial charge in [-0.05, 0) is 13.8 Å². The summed E-state index contributed by atoms with van der Waals surface area (Å²) in [6, 6.07) is 0. The standard InChI is InChI=1S/C24H51O13P/c1-3-27-5-6-28-7-8-29-9-10-30-11-12-31-13-14-32-15-16-33-17-18-34-19-20-35-21-22-36-23-24-38(25,26)37-4-2/h3-24H2,1-2H3,(H,25,26). The Hall–Kier alpha value is -0.250. The van der Waals surface area contributed by atoms with Crippen LogP contribution in [0, 0.1) is 0 Å². The van der Waals surface area contributed by atoms with E-state index in [1.165, 1.54) is 0 Å². The van der Waals surface area contributed by atoms with Crippen LogP contribution in [0.15, 0.2) is 0 Å². The monoisotopic (exact) mass is 578 g/mol. The Bertz CT molecular complexity index is 502. The molecule has 13 nitrogen and oxygen atoms in total. The van der Waals surface area contributed by atoms with Crippen LogP contribution in [0.25, 0.3) is 0 Å². The molecule has 0 saturated carbocycles. The van der Waals surface area contributed by atoms with E-state index in [1.807, 2.05) is 6.92 Å². The summed E-state index contributed by atoms with van der Waals surface area (Å²) in [5, 5.41) is 0. The van der Waals surface area contributed by atoms with Crippen LogP contribution in [-0.2, 0) is 56.5 Å². The molecule has 0 aliphatic heterocycles. The topological polar surface area (TPSA) is 139 Å². The highest BCUT2D eigenvalue weighted by Gasteiger charge is 2.17. The summed E-state index contributed by atoms with van der Waals surface area (Å²) in [6.45, 7) is 13.6. The average molecular weight is 579 g/mol. The van der Waals surface area contributed by atoms with Crippen molar-refractivity contribution in [3.63, 3.8) is 0 Å². The molecule has 0 radical (unpaired) electrons. The maximum absolute atomic E-state index is 11.4. The first kappa shape index (κ1) is 37.8. The molecule has 14 heteroatoms. The number of hydrogen-bond acceptors (Lipinski definition) is 12. The fourth-order valence-electron chi connectivity index (χ4n) is 2.57. The molecule has 1 atom stereocenters. The summed E-state index contributed by atoms with van der Waals surface area (Å²) in [6.07, 6.45) is -0.0246. The zero-order valence-electron chi connectivity index (χ0n) is 23.3. The van der Waals surface area contributed by atoms with E-state index >= 15 is 0 Å². The second kappa shape index (κ2) is 31.3. The lowest BCUT2D eigenvalue weighted by Crippen LogP contribution is -2.15. The first-order valence-corrected chi connectivity index (χ1v) is 15.1. The van der Waals surface area contributed by atoms with Gasteiger partial charge in [0.05, 0.1) is 138 Å². The summed E-state index contributed by atoms with van der Waals surface area (Å²) in [5.74, 6) is 0. The smallest absolute Gasteiger partial charge is 0.330 e. The Morgan fingerprint density at radius 2 is 0.632 bits per heavy atom. The van der Waals surface area contributed by atoms with Gasteiger partial charge < -0.3 is 56.8 Å². The van der Waals surface area contributed by atoms with Crippen molar-refractivity contribution in [3.05, 3.63) is 0 Å². The van der Waals surface area contributed by atoms with E-state index in [4.69, 9.17) is 51.9 Å². The van der Waals surface area contributed by atoms with Crippen molar-refractivity contribution in [1.82, 2.24) is 0 Å². The Balaban J connectivity index is 3.08. The fourth-order valence-corrected chi connectivity index (χ4v) is 3.46. The van der Waals surface area contributed by atoms with E-state index in [1.54, 1.807) is 6.92 Å². The van der Waals surface area contributed by atoms with E-state index in [2.05, 4.69) is 0 Å². The molecule has 0 bridgehead atoms. The zero-order chi connectivity index (χ0) is 27.8. The average Bonchev–Trinajstić information content (AvgIpc) is 2.89. The minimum Gasteiger partial charge on any atom is -0.379 e. The molecular weight excluding hydrogens is 527 g/mol. The van der Waals surface area contributed by atoms with Gasteiger partial charge in [0, 0.05) is 6.61 Å². The second-order valence-corrected chi connectivity index (χ2v) is 9.47. The Morgan fingerprint density at radius 1 is 0.395 bits per heavy atom. The van der Waals surface area contributed by atoms with Gasteiger partial charge in [-0.15, -0.1) is 0 Å². The molecule has 1 N–H and O–H groups in total. The normalized spacial score (nSPS) is 13.2. The van der Waals surface area contributed by atoms with E-state index < -0.39 is 7.60 Å². The van der Waals surface area contributed by atoms with Gasteiger partial charge in [-0.25, -0.2) is 0 Å². The molecule has 0 heterocycles. The molecule has 0 aromatic rings. The van der Waals surface area contributed by atoms with Gasteiger partial charge in [-0.2, -0.15) is 0 Å². The number of rotatable bonds is 33. The van der Waals surface area contributed by atoms with Crippen molar-refractivity contribution in [2.75, 3.05) is 145 Å². The number of ether oxygens (including phenoxy) is 10. The molecule has 230 valence electrons. The molecule has 0 aromatic carbocycles. The van der Waals surface area contributed by atoms with Crippen LogP contribution >= 0.6 is 7.60 Å². The third-order valence-electron chi connectivity index (χ3n) is 4.40. The summed E-state index contributed by atoms with van der Waals surface area (Å²) in [5.41, 5.74) is 0. The fraction of sp³-hybridized carbons (Fsp3) is 1.00. The summed E-state index contributed by atoms with van der Waals surface area (Å²) >= 11 is 0. The van der Waals surface area contributed by atoms with Crippen molar-refractivity contribution in [3.8, 4) is 0 Å². The van der Waals surface area contributed by atoms with Crippen LogP contribution < -0.4 is 0 Å². The van der Waals surface area contributed by atoms with Gasteiger partial charge in [0.1, 0.15) is 0 Å². The lowest BCUT2D eigenvalue weighted by Gasteiger charge is -2.11. The van der Waals surface area contributed by atoms with Gasteiger partial charge in [0.2, 0.25) is 0 Å². The van der Waals surface area contributed by atoms with Crippen LogP contribution in [0.4, 0.5) is 0 Å². The maximum atomic E-state index is 11.4. The summed E-state index contributed by atoms with van der Waals surface area (Å²) < 4.78 is 69.8. The highest BCUT2D eigenvalue weighted by molar-refractivity contribution is 7.52. The minimum atomic E-state index is -3.52. The first-order chi connectivity index (χ1) is 18.6. The lowest BCUT2D eigenvalue weighted by molar-refractivity contribution is -0.0261. The second-order valence-electron chi connectivity index (χ2n) is 7.49. The van der Waals surface area contributed by atoms with E-state index in [-0.39, 0.29) is 19.4 Å². The van der Waals surface area contributed by atoms with Crippen molar-refractivity contribution >= 4 is 7.60 Å². The summed E-state index contributed by atoms with van der Waals surface area (Å²) in [4.78, 5) is 9.39. The predicted molar refractivity (Wildman–Crippen MR) is 140 cm³/mol. The van der Waals surface area contributed by atoms with Gasteiger partial charge in [0.15, 0.2) is 0 Å². The molecule has 1 unspecified atom stereocenters. The SMILES string of the molecule is CCOCCOCCOCCOCCOCCOCCOCCOCCOCCOCCP(=O)(O)OCC. The third kappa shape index (κ3) is 32.0. The lowest BCUT2D eigenvalue weighted by atomic mass is 10.6. The van der Waals surface area contributed by atoms with Crippen LogP contribution in [-0.4, -0.2) is 150 Å². The van der Waals surface area contributed by atoms with Crippen molar-refractivity contribution in [1.29, 1.82) is 0 Å². The van der Waals surface area contributed by atoms with Crippen LogP contribution in [0.2, 0.25) is 0 Å². The molecule has 0 spiro atoms. The Labute approximate surface area is 228 Å². The van der Waals surface area contributed by atoms with Crippen molar-refractivity contribution in [2.45, 2.75) is 13.8 Å². The number of hydrogen-bond donors (Lipinski definition) is 1. The van der Waals surface area contributed by atoms with Gasteiger partial charge in [-0.3, -0.25) is 4.57 Å². The van der Waals surface area contributed by atoms with Crippen LogP contribution in [0.3, 0.4) is 0 Å². The Kier molecular flexibility index (Phi) is 31.1. The molecule has 0 aliphatic carbocycles. The quantitative estimate of drug-likeness (QED) is 0.0887. The van der Waals surface area contributed by atoms with Crippen LogP contribution in [0.5, 0.6) is 0 Å². The highest BCUT2D eigenvalue weighted by Crippen LogP contribution is 2.40. The van der Waals surface area contributed by atoms with Gasteiger partial charge in [-0.1, -0.05) is 0 Å². The molecule has 0 aromatic heterocycles. The minimum absolute atomic E-state index is 0.0246. The molecule has 0 fully saturated rings. The zero-order valence-corrected chi connectivity index (χ0v) is 24.2. The van der Waals surface area contributed by atoms with Crippen molar-refractivity contribution < 1.29 is 61.4 Å². The third-order valence-corrected chi connectivity index (χ3v) is 5.81. The largest absolute Gasteiger partial charge is 0.379 e. The van der Waals surface area contributed by atoms with E-state index in [0.717, 1.165) is 0 Å². The highest BCUT2D eigenvalue weighted by atomic mass is 31.2. The summed E-state index contributed by atoms with van der Waals surface area (Å²) in [7, 11) is -3.52. The van der Waals surface area contributed by atoms with Gasteiger partial charge >= 0.3 is 7.60 Å². The molecule has 0 aliphatic rings. The first-order valence-electron chi connectivity index (χ1n) is 13.4. The predicted octanol–water partition coefficient (Wildman–Crippen LogP) is 1.39.